The molecule has 288 valence electrons. The summed E-state index contributed by atoms with van der Waals surface area (Å²) in [5, 5.41) is 11.3. The molecule has 56 heavy (non-hydrogen) atoms. The molecule has 2 amide bonds. The highest BCUT2D eigenvalue weighted by Crippen LogP contribution is 2.40. The van der Waals surface area contributed by atoms with E-state index in [4.69, 9.17) is 58.0 Å². The number of nitrogens with zero attached hydrogens (tertiary/aromatic N) is 6. The fourth-order valence-corrected chi connectivity index (χ4v) is 9.62. The lowest BCUT2D eigenvalue weighted by Gasteiger charge is -2.26. The second-order valence-corrected chi connectivity index (χ2v) is 17.2. The summed E-state index contributed by atoms with van der Waals surface area (Å²) in [6, 6.07) is 10.7. The van der Waals surface area contributed by atoms with Gasteiger partial charge >= 0.3 is 0 Å². The van der Waals surface area contributed by atoms with Crippen molar-refractivity contribution in [1.29, 1.82) is 0 Å². The number of carbonyl (C=O) groups is 2. The standard InChI is InChI=1S/C19H15BrCl2N4OS.C19H15Cl3N4OS/c2*20-6-1-2-16(27)26-7-5-12-15(9-26)28-19-17(12)18(23-10-24-19)25-11-3-4-13(21)14(22)8-11/h2*1-4,8,10H,5-7,9H2,(H,23,24,25)/b2*2-1+. The van der Waals surface area contributed by atoms with Gasteiger partial charge in [-0.1, -0.05) is 74.5 Å². The van der Waals surface area contributed by atoms with Gasteiger partial charge in [-0.3, -0.25) is 9.59 Å². The Hall–Kier alpha value is -3.53. The maximum Gasteiger partial charge on any atom is 0.246 e. The fourth-order valence-electron chi connectivity index (χ4n) is 6.34. The topological polar surface area (TPSA) is 116 Å². The van der Waals surface area contributed by atoms with Crippen LogP contribution in [0.2, 0.25) is 20.1 Å². The smallest absolute Gasteiger partial charge is 0.246 e. The predicted octanol–water partition coefficient (Wildman–Crippen LogP) is 11.0. The maximum atomic E-state index is 12.3. The van der Waals surface area contributed by atoms with Crippen LogP contribution in [0.1, 0.15) is 20.9 Å². The minimum Gasteiger partial charge on any atom is -0.340 e. The molecule has 18 heteroatoms. The quantitative estimate of drug-likeness (QED) is 0.114. The number of thiophene rings is 2. The molecule has 0 saturated carbocycles. The van der Waals surface area contributed by atoms with Crippen LogP contribution in [0, 0.1) is 0 Å². The fraction of sp³-hybridized carbons (Fsp3) is 0.211. The van der Waals surface area contributed by atoms with Gasteiger partial charge in [0.1, 0.15) is 34.0 Å². The molecule has 4 aromatic heterocycles. The van der Waals surface area contributed by atoms with Crippen molar-refractivity contribution < 1.29 is 9.59 Å². The molecule has 2 aromatic carbocycles. The number of hydrogen-bond donors (Lipinski definition) is 2. The zero-order valence-electron chi connectivity index (χ0n) is 29.2. The van der Waals surface area contributed by atoms with Crippen molar-refractivity contribution >= 4 is 152 Å². The number of aromatic nitrogens is 4. The molecule has 0 saturated heterocycles. The third kappa shape index (κ3) is 9.11. The number of halogens is 6. The Morgan fingerprint density at radius 2 is 1.16 bits per heavy atom. The zero-order valence-corrected chi connectivity index (χ0v) is 36.2. The van der Waals surface area contributed by atoms with Crippen molar-refractivity contribution in [3.8, 4) is 0 Å². The van der Waals surface area contributed by atoms with Gasteiger partial charge in [0.05, 0.1) is 44.0 Å². The molecular formula is C38H30BrCl5N8O2S2. The Bertz CT molecular complexity index is 2340. The summed E-state index contributed by atoms with van der Waals surface area (Å²) in [4.78, 5) is 50.1. The first kappa shape index (κ1) is 40.7. The van der Waals surface area contributed by atoms with Gasteiger partial charge < -0.3 is 20.4 Å². The highest BCUT2D eigenvalue weighted by atomic mass is 79.9. The number of amides is 2. The van der Waals surface area contributed by atoms with E-state index in [0.717, 1.165) is 66.0 Å². The molecule has 0 aliphatic carbocycles. The molecule has 0 radical (unpaired) electrons. The summed E-state index contributed by atoms with van der Waals surface area (Å²) < 4.78 is 0. The number of carbonyl (C=O) groups excluding carboxylic acids is 2. The number of allylic oxidation sites excluding steroid dienone is 2. The van der Waals surface area contributed by atoms with Crippen LogP contribution in [-0.2, 0) is 35.5 Å². The molecule has 0 fully saturated rings. The van der Waals surface area contributed by atoms with Crippen LogP contribution in [0.25, 0.3) is 20.4 Å². The summed E-state index contributed by atoms with van der Waals surface area (Å²) in [6.07, 6.45) is 11.2. The lowest BCUT2D eigenvalue weighted by Crippen LogP contribution is -2.34. The Morgan fingerprint density at radius 1 is 0.696 bits per heavy atom. The van der Waals surface area contributed by atoms with Gasteiger partial charge in [-0.2, -0.15) is 0 Å². The van der Waals surface area contributed by atoms with Gasteiger partial charge in [0, 0.05) is 51.5 Å². The van der Waals surface area contributed by atoms with Gasteiger partial charge in [-0.25, -0.2) is 19.9 Å². The van der Waals surface area contributed by atoms with Crippen LogP contribution in [0.3, 0.4) is 0 Å². The molecule has 10 nitrogen and oxygen atoms in total. The molecule has 8 rings (SSSR count). The Labute approximate surface area is 363 Å². The van der Waals surface area contributed by atoms with E-state index in [0.29, 0.717) is 57.5 Å². The van der Waals surface area contributed by atoms with Crippen LogP contribution >= 0.6 is 96.6 Å². The average Bonchev–Trinajstić information content (AvgIpc) is 3.77. The van der Waals surface area contributed by atoms with Crippen molar-refractivity contribution in [3.63, 3.8) is 0 Å². The minimum absolute atomic E-state index is 0.0241. The highest BCUT2D eigenvalue weighted by molar-refractivity contribution is 9.09. The number of fused-ring (bicyclic) bond motifs is 6. The molecule has 0 spiro atoms. The van der Waals surface area contributed by atoms with Crippen LogP contribution in [0.4, 0.5) is 23.0 Å². The summed E-state index contributed by atoms with van der Waals surface area (Å²) in [6.45, 7) is 2.47. The van der Waals surface area contributed by atoms with E-state index in [-0.39, 0.29) is 11.8 Å². The van der Waals surface area contributed by atoms with Crippen molar-refractivity contribution in [3.05, 3.63) is 114 Å². The van der Waals surface area contributed by atoms with Crippen molar-refractivity contribution in [2.45, 2.75) is 25.9 Å². The lowest BCUT2D eigenvalue weighted by molar-refractivity contribution is -0.127. The molecule has 2 aliphatic heterocycles. The summed E-state index contributed by atoms with van der Waals surface area (Å²) in [5.74, 6) is 1.79. The van der Waals surface area contributed by atoms with E-state index >= 15 is 0 Å². The first-order chi connectivity index (χ1) is 27.1. The highest BCUT2D eigenvalue weighted by Gasteiger charge is 2.27. The molecule has 0 bridgehead atoms. The second-order valence-electron chi connectivity index (χ2n) is 12.5. The van der Waals surface area contributed by atoms with E-state index < -0.39 is 0 Å². The van der Waals surface area contributed by atoms with Crippen LogP contribution in [-0.4, -0.2) is 65.8 Å². The monoisotopic (exact) mass is 948 g/mol. The van der Waals surface area contributed by atoms with Crippen molar-refractivity contribution in [1.82, 2.24) is 29.7 Å². The van der Waals surface area contributed by atoms with Crippen LogP contribution in [0.5, 0.6) is 0 Å². The van der Waals surface area contributed by atoms with Gasteiger partial charge in [0.25, 0.3) is 0 Å². The Kier molecular flexibility index (Phi) is 13.3. The second kappa shape index (κ2) is 18.4. The molecule has 2 N–H and O–H groups in total. The molecule has 2 aliphatic rings. The Balaban J connectivity index is 0.000000172. The number of benzene rings is 2. The van der Waals surface area contributed by atoms with Crippen molar-refractivity contribution in [2.24, 2.45) is 0 Å². The number of nitrogens with one attached hydrogen (secondary N) is 2. The lowest BCUT2D eigenvalue weighted by atomic mass is 10.0. The Morgan fingerprint density at radius 3 is 1.59 bits per heavy atom. The molecule has 6 heterocycles. The third-order valence-corrected chi connectivity index (χ3v) is 13.2. The van der Waals surface area contributed by atoms with Gasteiger partial charge in [-0.15, -0.1) is 34.3 Å². The number of rotatable bonds is 8. The van der Waals surface area contributed by atoms with E-state index in [1.807, 2.05) is 28.0 Å². The minimum atomic E-state index is -0.0241. The predicted molar refractivity (Wildman–Crippen MR) is 235 cm³/mol. The van der Waals surface area contributed by atoms with Crippen LogP contribution in [0.15, 0.2) is 73.4 Å². The van der Waals surface area contributed by atoms with E-state index in [1.165, 1.54) is 23.5 Å². The maximum absolute atomic E-state index is 12.3. The van der Waals surface area contributed by atoms with E-state index in [2.05, 4.69) is 46.5 Å². The number of hydrogen-bond acceptors (Lipinski definition) is 10. The van der Waals surface area contributed by atoms with Crippen LogP contribution < -0.4 is 10.6 Å². The first-order valence-electron chi connectivity index (χ1n) is 17.1. The average molecular weight is 952 g/mol. The summed E-state index contributed by atoms with van der Waals surface area (Å²) >= 11 is 36.4. The van der Waals surface area contributed by atoms with Crippen molar-refractivity contribution in [2.75, 3.05) is 34.9 Å². The summed E-state index contributed by atoms with van der Waals surface area (Å²) in [7, 11) is 0. The third-order valence-electron chi connectivity index (χ3n) is 8.96. The van der Waals surface area contributed by atoms with Gasteiger partial charge in [0.15, 0.2) is 0 Å². The van der Waals surface area contributed by atoms with E-state index in [1.54, 1.807) is 65.4 Å². The number of alkyl halides is 2. The largest absolute Gasteiger partial charge is 0.340 e. The number of anilines is 4. The molecule has 0 unspecified atom stereocenters. The molecule has 6 aromatic rings. The van der Waals surface area contributed by atoms with E-state index in [9.17, 15) is 9.59 Å². The zero-order chi connectivity index (χ0) is 39.3. The SMILES string of the molecule is O=C(/C=C/CBr)N1CCc2c(sc3ncnc(Nc4ccc(Cl)c(Cl)c4)c23)C1.O=C(/C=C/CCl)N1CCc2c(sc3ncnc(Nc4ccc(Cl)c(Cl)c4)c23)C1. The first-order valence-corrected chi connectivity index (χ1v) is 21.9. The van der Waals surface area contributed by atoms with Gasteiger partial charge in [-0.05, 0) is 66.4 Å². The normalized spacial score (nSPS) is 13.9. The molecular weight excluding hydrogens is 922 g/mol. The molecule has 0 atom stereocenters. The van der Waals surface area contributed by atoms with Gasteiger partial charge in [0.2, 0.25) is 11.8 Å². The summed E-state index contributed by atoms with van der Waals surface area (Å²) in [5.41, 5.74) is 4.00.